The summed E-state index contributed by atoms with van der Waals surface area (Å²) in [5, 5.41) is 6.20. The second kappa shape index (κ2) is 9.10. The molecule has 0 saturated heterocycles. The van der Waals surface area contributed by atoms with Crippen LogP contribution in [0.4, 0.5) is 0 Å². The van der Waals surface area contributed by atoms with Crippen molar-refractivity contribution in [3.05, 3.63) is 34.3 Å². The number of hydrogen-bond donors (Lipinski definition) is 2. The van der Waals surface area contributed by atoms with Crippen molar-refractivity contribution in [2.24, 2.45) is 0 Å². The van der Waals surface area contributed by atoms with Gasteiger partial charge in [-0.3, -0.25) is 10.1 Å². The zero-order chi connectivity index (χ0) is 15.0. The summed E-state index contributed by atoms with van der Waals surface area (Å²) in [5.74, 6) is 0.0139. The lowest BCUT2D eigenvalue weighted by Crippen LogP contribution is -2.43. The average Bonchev–Trinajstić information content (AvgIpc) is 2.43. The summed E-state index contributed by atoms with van der Waals surface area (Å²) in [6.45, 7) is 5.23. The van der Waals surface area contributed by atoms with Gasteiger partial charge in [0.2, 0.25) is 5.91 Å². The highest BCUT2D eigenvalue weighted by Gasteiger charge is 2.16. The van der Waals surface area contributed by atoms with Crippen LogP contribution >= 0.6 is 15.9 Å². The number of ether oxygens (including phenoxy) is 1. The normalized spacial score (nSPS) is 13.8. The zero-order valence-electron chi connectivity index (χ0n) is 12.3. The quantitative estimate of drug-likeness (QED) is 0.714. The maximum absolute atomic E-state index is 11.9. The molecule has 0 aliphatic heterocycles. The SMILES string of the molecule is COCCCNC(=O)C(C)N[C@@H](C)c1ccccc1Br. The van der Waals surface area contributed by atoms with Gasteiger partial charge in [0.1, 0.15) is 0 Å². The highest BCUT2D eigenvalue weighted by atomic mass is 79.9. The van der Waals surface area contributed by atoms with Crippen LogP contribution in [-0.4, -0.2) is 32.2 Å². The van der Waals surface area contributed by atoms with Crippen LogP contribution < -0.4 is 10.6 Å². The molecule has 1 aromatic carbocycles. The molecule has 1 unspecified atom stereocenters. The van der Waals surface area contributed by atoms with Crippen LogP contribution in [0.2, 0.25) is 0 Å². The predicted molar refractivity (Wildman–Crippen MR) is 84.7 cm³/mol. The molecule has 0 aliphatic rings. The van der Waals surface area contributed by atoms with Gasteiger partial charge in [0.05, 0.1) is 6.04 Å². The van der Waals surface area contributed by atoms with Crippen LogP contribution in [0.1, 0.15) is 31.9 Å². The van der Waals surface area contributed by atoms with Gasteiger partial charge in [-0.05, 0) is 31.9 Å². The minimum absolute atomic E-state index is 0.0139. The van der Waals surface area contributed by atoms with Gasteiger partial charge < -0.3 is 10.1 Å². The van der Waals surface area contributed by atoms with Gasteiger partial charge in [0, 0.05) is 30.8 Å². The second-order valence-corrected chi connectivity index (χ2v) is 5.62. The molecule has 1 rings (SSSR count). The maximum atomic E-state index is 11.9. The highest BCUT2D eigenvalue weighted by Crippen LogP contribution is 2.22. The van der Waals surface area contributed by atoms with Crippen molar-refractivity contribution in [1.82, 2.24) is 10.6 Å². The Morgan fingerprint density at radius 3 is 2.70 bits per heavy atom. The van der Waals surface area contributed by atoms with Crippen LogP contribution in [0.5, 0.6) is 0 Å². The first kappa shape index (κ1) is 17.1. The molecule has 1 aromatic rings. The Hall–Kier alpha value is -0.910. The van der Waals surface area contributed by atoms with Crippen LogP contribution in [0.15, 0.2) is 28.7 Å². The second-order valence-electron chi connectivity index (χ2n) is 4.77. The van der Waals surface area contributed by atoms with Crippen LogP contribution in [0.25, 0.3) is 0 Å². The lowest BCUT2D eigenvalue weighted by molar-refractivity contribution is -0.122. The molecule has 0 bridgehead atoms. The molecule has 0 aromatic heterocycles. The van der Waals surface area contributed by atoms with Gasteiger partial charge in [-0.2, -0.15) is 0 Å². The van der Waals surface area contributed by atoms with E-state index in [0.717, 1.165) is 16.5 Å². The van der Waals surface area contributed by atoms with Crippen molar-refractivity contribution < 1.29 is 9.53 Å². The molecule has 0 radical (unpaired) electrons. The zero-order valence-corrected chi connectivity index (χ0v) is 13.9. The number of carbonyl (C=O) groups excluding carboxylic acids is 1. The lowest BCUT2D eigenvalue weighted by Gasteiger charge is -2.21. The van der Waals surface area contributed by atoms with Crippen molar-refractivity contribution in [2.45, 2.75) is 32.4 Å². The predicted octanol–water partition coefficient (Wildman–Crippen LogP) is 2.64. The largest absolute Gasteiger partial charge is 0.385 e. The van der Waals surface area contributed by atoms with Gasteiger partial charge in [-0.25, -0.2) is 0 Å². The van der Waals surface area contributed by atoms with Gasteiger partial charge in [0.15, 0.2) is 0 Å². The van der Waals surface area contributed by atoms with E-state index in [1.807, 2.05) is 31.2 Å². The Morgan fingerprint density at radius 1 is 1.35 bits per heavy atom. The topological polar surface area (TPSA) is 50.4 Å². The lowest BCUT2D eigenvalue weighted by atomic mass is 10.1. The molecular weight excluding hydrogens is 320 g/mol. The molecule has 0 aliphatic carbocycles. The number of halogens is 1. The van der Waals surface area contributed by atoms with Gasteiger partial charge >= 0.3 is 0 Å². The van der Waals surface area contributed by atoms with Gasteiger partial charge in [0.25, 0.3) is 0 Å². The molecule has 0 saturated carbocycles. The van der Waals surface area contributed by atoms with Crippen molar-refractivity contribution in [3.8, 4) is 0 Å². The number of nitrogens with one attached hydrogen (secondary N) is 2. The molecule has 0 fully saturated rings. The molecule has 1 amide bonds. The summed E-state index contributed by atoms with van der Waals surface area (Å²) in [7, 11) is 1.66. The van der Waals surface area contributed by atoms with Crippen molar-refractivity contribution in [3.63, 3.8) is 0 Å². The Bertz CT molecular complexity index is 426. The molecular formula is C15H23BrN2O2. The molecule has 0 spiro atoms. The number of methoxy groups -OCH3 is 1. The van der Waals surface area contributed by atoms with E-state index in [-0.39, 0.29) is 18.0 Å². The Labute approximate surface area is 129 Å². The molecule has 0 heterocycles. The molecule has 5 heteroatoms. The number of hydrogen-bond acceptors (Lipinski definition) is 3. The Balaban J connectivity index is 2.43. The third-order valence-electron chi connectivity index (χ3n) is 3.09. The third kappa shape index (κ3) is 5.61. The van der Waals surface area contributed by atoms with Crippen LogP contribution in [0.3, 0.4) is 0 Å². The van der Waals surface area contributed by atoms with E-state index in [9.17, 15) is 4.79 Å². The molecule has 2 N–H and O–H groups in total. The third-order valence-corrected chi connectivity index (χ3v) is 3.81. The molecule has 20 heavy (non-hydrogen) atoms. The summed E-state index contributed by atoms with van der Waals surface area (Å²) in [6, 6.07) is 7.89. The summed E-state index contributed by atoms with van der Waals surface area (Å²) in [5.41, 5.74) is 1.14. The first-order chi connectivity index (χ1) is 9.56. The number of carbonyl (C=O) groups is 1. The maximum Gasteiger partial charge on any atom is 0.236 e. The molecule has 4 nitrogen and oxygen atoms in total. The van der Waals surface area contributed by atoms with Crippen molar-refractivity contribution in [1.29, 1.82) is 0 Å². The van der Waals surface area contributed by atoms with E-state index in [4.69, 9.17) is 4.74 Å². The minimum Gasteiger partial charge on any atom is -0.385 e. The monoisotopic (exact) mass is 342 g/mol. The smallest absolute Gasteiger partial charge is 0.236 e. The number of benzene rings is 1. The van der Waals surface area contributed by atoms with E-state index in [2.05, 4.69) is 33.5 Å². The number of amides is 1. The molecule has 2 atom stereocenters. The Morgan fingerprint density at radius 2 is 2.05 bits per heavy atom. The highest BCUT2D eigenvalue weighted by molar-refractivity contribution is 9.10. The average molecular weight is 343 g/mol. The Kier molecular flexibility index (Phi) is 7.80. The fourth-order valence-corrected chi connectivity index (χ4v) is 2.58. The minimum atomic E-state index is -0.236. The van der Waals surface area contributed by atoms with E-state index >= 15 is 0 Å². The van der Waals surface area contributed by atoms with E-state index < -0.39 is 0 Å². The summed E-state index contributed by atoms with van der Waals surface area (Å²) in [6.07, 6.45) is 0.828. The number of rotatable bonds is 8. The standard InChI is InChI=1S/C15H23BrN2O2/c1-11(13-7-4-5-8-14(13)16)18-12(2)15(19)17-9-6-10-20-3/h4-5,7-8,11-12,18H,6,9-10H2,1-3H3,(H,17,19)/t11-,12?/m0/s1. The first-order valence-corrected chi connectivity index (χ1v) is 7.62. The van der Waals surface area contributed by atoms with Crippen LogP contribution in [0, 0.1) is 0 Å². The first-order valence-electron chi connectivity index (χ1n) is 6.83. The fraction of sp³-hybridized carbons (Fsp3) is 0.533. The summed E-state index contributed by atoms with van der Waals surface area (Å²) >= 11 is 3.53. The summed E-state index contributed by atoms with van der Waals surface area (Å²) < 4.78 is 6.00. The van der Waals surface area contributed by atoms with Gasteiger partial charge in [-0.1, -0.05) is 34.1 Å². The van der Waals surface area contributed by atoms with Gasteiger partial charge in [-0.15, -0.1) is 0 Å². The van der Waals surface area contributed by atoms with Crippen molar-refractivity contribution in [2.75, 3.05) is 20.3 Å². The summed E-state index contributed by atoms with van der Waals surface area (Å²) in [4.78, 5) is 11.9. The van der Waals surface area contributed by atoms with E-state index in [1.165, 1.54) is 0 Å². The molecule has 112 valence electrons. The van der Waals surface area contributed by atoms with E-state index in [0.29, 0.717) is 13.2 Å². The van der Waals surface area contributed by atoms with Crippen LogP contribution in [-0.2, 0) is 9.53 Å². The van der Waals surface area contributed by atoms with Crippen molar-refractivity contribution >= 4 is 21.8 Å². The fourth-order valence-electron chi connectivity index (χ4n) is 1.95. The van der Waals surface area contributed by atoms with E-state index in [1.54, 1.807) is 7.11 Å².